The third-order valence-corrected chi connectivity index (χ3v) is 3.52. The highest BCUT2D eigenvalue weighted by Crippen LogP contribution is 2.31. The number of amides is 2. The van der Waals surface area contributed by atoms with Gasteiger partial charge in [0.25, 0.3) is 0 Å². The lowest BCUT2D eigenvalue weighted by Crippen LogP contribution is -2.46. The van der Waals surface area contributed by atoms with Crippen molar-refractivity contribution in [3.8, 4) is 0 Å². The second-order valence-electron chi connectivity index (χ2n) is 4.98. The van der Waals surface area contributed by atoms with Crippen LogP contribution >= 0.6 is 0 Å². The molecule has 1 aliphatic rings. The molecule has 5 nitrogen and oxygen atoms in total. The van der Waals surface area contributed by atoms with Gasteiger partial charge in [0.05, 0.1) is 11.9 Å². The Morgan fingerprint density at radius 1 is 1.43 bits per heavy atom. The van der Waals surface area contributed by atoms with Crippen molar-refractivity contribution in [1.29, 1.82) is 0 Å². The summed E-state index contributed by atoms with van der Waals surface area (Å²) in [5, 5.41) is 11.8. The van der Waals surface area contributed by atoms with Gasteiger partial charge in [-0.15, -0.1) is 0 Å². The third-order valence-electron chi connectivity index (χ3n) is 3.52. The molecule has 0 unspecified atom stereocenters. The minimum absolute atomic E-state index is 0.126. The first-order chi connectivity index (χ1) is 9.88. The smallest absolute Gasteiger partial charge is 0.383 e. The number of nitrogens with zero attached hydrogens (tertiary/aromatic N) is 2. The van der Waals surface area contributed by atoms with Crippen LogP contribution in [0.1, 0.15) is 12.8 Å². The fourth-order valence-electron chi connectivity index (χ4n) is 2.32. The maximum atomic E-state index is 12.4. The molecule has 0 aromatic carbocycles. The number of likely N-dealkylation sites (tertiary alicyclic amines) is 1. The number of aliphatic hydroxyl groups excluding tert-OH is 1. The van der Waals surface area contributed by atoms with Crippen molar-refractivity contribution in [2.45, 2.75) is 25.1 Å². The predicted octanol–water partition coefficient (Wildman–Crippen LogP) is 2.25. The van der Waals surface area contributed by atoms with Crippen LogP contribution in [0.25, 0.3) is 0 Å². The molecular formula is C13H16F3N3O2. The zero-order valence-electron chi connectivity index (χ0n) is 11.2. The first-order valence-corrected chi connectivity index (χ1v) is 6.58. The van der Waals surface area contributed by atoms with Crippen molar-refractivity contribution < 1.29 is 23.1 Å². The number of nitrogens with one attached hydrogen (secondary N) is 1. The van der Waals surface area contributed by atoms with Gasteiger partial charge in [-0.05, 0) is 30.9 Å². The predicted molar refractivity (Wildman–Crippen MR) is 69.6 cm³/mol. The molecule has 1 aromatic heterocycles. The van der Waals surface area contributed by atoms with Crippen LogP contribution in [-0.4, -0.2) is 46.4 Å². The van der Waals surface area contributed by atoms with E-state index in [0.29, 0.717) is 5.69 Å². The summed E-state index contributed by atoms with van der Waals surface area (Å²) < 4.78 is 37.3. The molecule has 0 spiro atoms. The summed E-state index contributed by atoms with van der Waals surface area (Å²) in [7, 11) is 0. The highest BCUT2D eigenvalue weighted by Gasteiger charge is 2.44. The quantitative estimate of drug-likeness (QED) is 0.880. The first kappa shape index (κ1) is 15.6. The van der Waals surface area contributed by atoms with Crippen molar-refractivity contribution in [3.63, 3.8) is 0 Å². The maximum Gasteiger partial charge on any atom is 0.414 e. The Kier molecular flexibility index (Phi) is 4.66. The molecule has 1 aromatic rings. The number of pyridine rings is 1. The number of piperidine rings is 1. The SMILES string of the molecule is O=C(Nc1cccnc1)N1CCC([C@@H](O)C(F)(F)F)CC1. The summed E-state index contributed by atoms with van der Waals surface area (Å²) in [4.78, 5) is 17.2. The van der Waals surface area contributed by atoms with Crippen LogP contribution < -0.4 is 5.32 Å². The normalized spacial score (nSPS) is 18.4. The van der Waals surface area contributed by atoms with E-state index in [4.69, 9.17) is 0 Å². The summed E-state index contributed by atoms with van der Waals surface area (Å²) in [5.41, 5.74) is 0.528. The highest BCUT2D eigenvalue weighted by atomic mass is 19.4. The fraction of sp³-hybridized carbons (Fsp3) is 0.538. The fourth-order valence-corrected chi connectivity index (χ4v) is 2.32. The number of rotatable bonds is 2. The number of halogens is 3. The van der Waals surface area contributed by atoms with Crippen LogP contribution in [-0.2, 0) is 0 Å². The van der Waals surface area contributed by atoms with Gasteiger partial charge in [0.1, 0.15) is 0 Å². The number of aromatic nitrogens is 1. The Hall–Kier alpha value is -1.83. The van der Waals surface area contributed by atoms with Gasteiger partial charge in [0.2, 0.25) is 0 Å². The van der Waals surface area contributed by atoms with Crippen molar-refractivity contribution in [2.24, 2.45) is 5.92 Å². The molecule has 0 saturated carbocycles. The molecule has 0 aliphatic carbocycles. The van der Waals surface area contributed by atoms with E-state index in [9.17, 15) is 23.1 Å². The van der Waals surface area contributed by atoms with Gasteiger partial charge in [-0.1, -0.05) is 0 Å². The standard InChI is InChI=1S/C13H16F3N3O2/c14-13(15,16)11(20)9-3-6-19(7-4-9)12(21)18-10-2-1-5-17-8-10/h1-2,5,8-9,11,20H,3-4,6-7H2,(H,18,21)/t11-/m1/s1. The molecule has 0 radical (unpaired) electrons. The highest BCUT2D eigenvalue weighted by molar-refractivity contribution is 5.89. The number of alkyl halides is 3. The van der Waals surface area contributed by atoms with Crippen LogP contribution in [0.15, 0.2) is 24.5 Å². The molecule has 116 valence electrons. The van der Waals surface area contributed by atoms with E-state index in [2.05, 4.69) is 10.3 Å². The number of carbonyl (C=O) groups excluding carboxylic acids is 1. The van der Waals surface area contributed by atoms with Gasteiger partial charge in [0, 0.05) is 19.3 Å². The Labute approximate surface area is 119 Å². The Bertz CT molecular complexity index is 473. The van der Waals surface area contributed by atoms with E-state index < -0.39 is 18.2 Å². The Morgan fingerprint density at radius 2 is 2.10 bits per heavy atom. The van der Waals surface area contributed by atoms with Crippen LogP contribution in [0.4, 0.5) is 23.7 Å². The number of hydrogen-bond donors (Lipinski definition) is 2. The van der Waals surface area contributed by atoms with Crippen LogP contribution in [0.3, 0.4) is 0 Å². The van der Waals surface area contributed by atoms with Crippen molar-refractivity contribution >= 4 is 11.7 Å². The molecule has 0 bridgehead atoms. The van der Waals surface area contributed by atoms with E-state index in [1.54, 1.807) is 18.3 Å². The monoisotopic (exact) mass is 303 g/mol. The summed E-state index contributed by atoms with van der Waals surface area (Å²) in [6, 6.07) is 2.97. The van der Waals surface area contributed by atoms with Gasteiger partial charge in [-0.3, -0.25) is 4.98 Å². The van der Waals surface area contributed by atoms with Crippen LogP contribution in [0, 0.1) is 5.92 Å². The van der Waals surface area contributed by atoms with E-state index in [-0.39, 0.29) is 32.0 Å². The topological polar surface area (TPSA) is 65.5 Å². The molecular weight excluding hydrogens is 287 g/mol. The number of hydrogen-bond acceptors (Lipinski definition) is 3. The molecule has 1 atom stereocenters. The molecule has 2 N–H and O–H groups in total. The second kappa shape index (κ2) is 6.30. The van der Waals surface area contributed by atoms with Crippen molar-refractivity contribution in [3.05, 3.63) is 24.5 Å². The summed E-state index contributed by atoms with van der Waals surface area (Å²) >= 11 is 0. The van der Waals surface area contributed by atoms with E-state index >= 15 is 0 Å². The minimum atomic E-state index is -4.61. The second-order valence-corrected chi connectivity index (χ2v) is 4.98. The molecule has 8 heteroatoms. The lowest BCUT2D eigenvalue weighted by Gasteiger charge is -2.34. The van der Waals surface area contributed by atoms with Gasteiger partial charge in [0.15, 0.2) is 6.10 Å². The van der Waals surface area contributed by atoms with Crippen LogP contribution in [0.2, 0.25) is 0 Å². The average molecular weight is 303 g/mol. The Morgan fingerprint density at radius 3 is 2.62 bits per heavy atom. The molecule has 2 heterocycles. The molecule has 1 aliphatic heterocycles. The van der Waals surface area contributed by atoms with Gasteiger partial charge < -0.3 is 15.3 Å². The lowest BCUT2D eigenvalue weighted by molar-refractivity contribution is -0.222. The third kappa shape index (κ3) is 4.07. The zero-order chi connectivity index (χ0) is 15.5. The minimum Gasteiger partial charge on any atom is -0.383 e. The molecule has 1 fully saturated rings. The molecule has 2 amide bonds. The van der Waals surface area contributed by atoms with Gasteiger partial charge in [-0.2, -0.15) is 13.2 Å². The number of anilines is 1. The first-order valence-electron chi connectivity index (χ1n) is 6.58. The van der Waals surface area contributed by atoms with Gasteiger partial charge >= 0.3 is 12.2 Å². The van der Waals surface area contributed by atoms with E-state index in [0.717, 1.165) is 0 Å². The molecule has 2 rings (SSSR count). The number of carbonyl (C=O) groups is 1. The number of urea groups is 1. The van der Waals surface area contributed by atoms with Crippen molar-refractivity contribution in [1.82, 2.24) is 9.88 Å². The summed E-state index contributed by atoms with van der Waals surface area (Å²) in [5.74, 6) is -0.854. The van der Waals surface area contributed by atoms with Crippen LogP contribution in [0.5, 0.6) is 0 Å². The van der Waals surface area contributed by atoms with Crippen molar-refractivity contribution in [2.75, 3.05) is 18.4 Å². The maximum absolute atomic E-state index is 12.4. The average Bonchev–Trinajstić information content (AvgIpc) is 2.46. The van der Waals surface area contributed by atoms with E-state index in [1.165, 1.54) is 11.1 Å². The lowest BCUT2D eigenvalue weighted by atomic mass is 9.91. The number of aliphatic hydroxyl groups is 1. The largest absolute Gasteiger partial charge is 0.414 e. The Balaban J connectivity index is 1.85. The summed E-state index contributed by atoms with van der Waals surface area (Å²) in [6.45, 7) is 0.369. The summed E-state index contributed by atoms with van der Waals surface area (Å²) in [6.07, 6.45) is -3.62. The van der Waals surface area contributed by atoms with E-state index in [1.807, 2.05) is 0 Å². The van der Waals surface area contributed by atoms with Gasteiger partial charge in [-0.25, -0.2) is 4.79 Å². The molecule has 21 heavy (non-hydrogen) atoms. The molecule has 1 saturated heterocycles. The zero-order valence-corrected chi connectivity index (χ0v) is 11.2.